The maximum Gasteiger partial charge on any atom is 0.416 e. The van der Waals surface area contributed by atoms with Gasteiger partial charge in [0.05, 0.1) is 11.3 Å². The fourth-order valence-electron chi connectivity index (χ4n) is 3.66. The normalized spacial score (nSPS) is 14.9. The van der Waals surface area contributed by atoms with E-state index in [0.717, 1.165) is 29.2 Å². The molecular weight excluding hydrogens is 441 g/mol. The molecule has 1 saturated heterocycles. The predicted molar refractivity (Wildman–Crippen MR) is 117 cm³/mol. The Bertz CT molecular complexity index is 1080. The van der Waals surface area contributed by atoms with Crippen LogP contribution in [0.2, 0.25) is 5.02 Å². The highest BCUT2D eigenvalue weighted by molar-refractivity contribution is 6.30. The molecule has 1 amide bonds. The van der Waals surface area contributed by atoms with E-state index in [4.69, 9.17) is 11.6 Å². The summed E-state index contributed by atoms with van der Waals surface area (Å²) in [6.45, 7) is 1.21. The lowest BCUT2D eigenvalue weighted by atomic mass is 9.95. The molecule has 0 bridgehead atoms. The topological polar surface area (TPSA) is 58.1 Å². The SMILES string of the molecule is O=C(Nc1cccc(C(F)(F)F)c1)C1CCN(c2ccc(-c3ccc(Cl)cc3)nn2)CC1. The first kappa shape index (κ1) is 22.1. The number of benzene rings is 2. The van der Waals surface area contributed by atoms with Gasteiger partial charge in [-0.2, -0.15) is 13.2 Å². The summed E-state index contributed by atoms with van der Waals surface area (Å²) in [6.07, 6.45) is -3.30. The Kier molecular flexibility index (Phi) is 6.32. The number of piperidine rings is 1. The van der Waals surface area contributed by atoms with E-state index >= 15 is 0 Å². The summed E-state index contributed by atoms with van der Waals surface area (Å²) in [6, 6.07) is 15.8. The van der Waals surface area contributed by atoms with Crippen LogP contribution in [0, 0.1) is 5.92 Å². The van der Waals surface area contributed by atoms with Crippen LogP contribution in [0.25, 0.3) is 11.3 Å². The first-order valence-electron chi connectivity index (χ1n) is 10.1. The molecule has 0 radical (unpaired) electrons. The third-order valence-corrected chi connectivity index (χ3v) is 5.69. The molecule has 0 aliphatic carbocycles. The molecule has 9 heteroatoms. The van der Waals surface area contributed by atoms with Crippen LogP contribution < -0.4 is 10.2 Å². The van der Waals surface area contributed by atoms with Crippen LogP contribution in [0.1, 0.15) is 18.4 Å². The number of aromatic nitrogens is 2. The number of carbonyl (C=O) groups is 1. The molecule has 4 rings (SSSR count). The van der Waals surface area contributed by atoms with Gasteiger partial charge in [-0.15, -0.1) is 10.2 Å². The Hall–Kier alpha value is -3.13. The molecule has 0 atom stereocenters. The highest BCUT2D eigenvalue weighted by Gasteiger charge is 2.31. The van der Waals surface area contributed by atoms with Gasteiger partial charge in [-0.25, -0.2) is 0 Å². The molecular formula is C23H20ClF3N4O. The van der Waals surface area contributed by atoms with Crippen molar-refractivity contribution in [3.8, 4) is 11.3 Å². The van der Waals surface area contributed by atoms with Gasteiger partial charge in [0.15, 0.2) is 5.82 Å². The quantitative estimate of drug-likeness (QED) is 0.545. The zero-order valence-corrected chi connectivity index (χ0v) is 17.7. The molecule has 2 aromatic carbocycles. The van der Waals surface area contributed by atoms with Crippen molar-refractivity contribution in [1.29, 1.82) is 0 Å². The van der Waals surface area contributed by atoms with E-state index in [1.807, 2.05) is 29.2 Å². The number of hydrogen-bond acceptors (Lipinski definition) is 4. The molecule has 2 heterocycles. The third-order valence-electron chi connectivity index (χ3n) is 5.44. The van der Waals surface area contributed by atoms with E-state index < -0.39 is 11.7 Å². The van der Waals surface area contributed by atoms with E-state index in [9.17, 15) is 18.0 Å². The fourth-order valence-corrected chi connectivity index (χ4v) is 3.78. The second-order valence-electron chi connectivity index (χ2n) is 7.61. The first-order valence-corrected chi connectivity index (χ1v) is 10.5. The van der Waals surface area contributed by atoms with Gasteiger partial charge < -0.3 is 10.2 Å². The Balaban J connectivity index is 1.34. The van der Waals surface area contributed by atoms with Crippen LogP contribution in [0.4, 0.5) is 24.7 Å². The van der Waals surface area contributed by atoms with Crippen molar-refractivity contribution in [2.24, 2.45) is 5.92 Å². The largest absolute Gasteiger partial charge is 0.416 e. The molecule has 166 valence electrons. The molecule has 1 aliphatic heterocycles. The average Bonchev–Trinajstić information content (AvgIpc) is 2.79. The summed E-state index contributed by atoms with van der Waals surface area (Å²) < 4.78 is 38.6. The number of amides is 1. The number of hydrogen-bond donors (Lipinski definition) is 1. The Labute approximate surface area is 188 Å². The number of nitrogens with zero attached hydrogens (tertiary/aromatic N) is 3. The van der Waals surface area contributed by atoms with Gasteiger partial charge in [0.1, 0.15) is 0 Å². The Morgan fingerprint density at radius 1 is 1.00 bits per heavy atom. The number of halogens is 4. The smallest absolute Gasteiger partial charge is 0.355 e. The number of rotatable bonds is 4. The van der Waals surface area contributed by atoms with Crippen LogP contribution in [0.3, 0.4) is 0 Å². The summed E-state index contributed by atoms with van der Waals surface area (Å²) in [4.78, 5) is 14.6. The van der Waals surface area contributed by atoms with Gasteiger partial charge in [-0.3, -0.25) is 4.79 Å². The van der Waals surface area contributed by atoms with Crippen molar-refractivity contribution < 1.29 is 18.0 Å². The third kappa shape index (κ3) is 5.19. The summed E-state index contributed by atoms with van der Waals surface area (Å²) >= 11 is 5.91. The number of anilines is 2. The summed E-state index contributed by atoms with van der Waals surface area (Å²) in [5.74, 6) is 0.176. The second-order valence-corrected chi connectivity index (χ2v) is 8.05. The standard InChI is InChI=1S/C23H20ClF3N4O/c24-18-6-4-15(5-7-18)20-8-9-21(30-29-20)31-12-10-16(11-13-31)22(32)28-19-3-1-2-17(14-19)23(25,26)27/h1-9,14,16H,10-13H2,(H,28,32). The summed E-state index contributed by atoms with van der Waals surface area (Å²) in [5, 5.41) is 11.9. The molecule has 1 N–H and O–H groups in total. The van der Waals surface area contributed by atoms with E-state index in [0.29, 0.717) is 31.0 Å². The highest BCUT2D eigenvalue weighted by Crippen LogP contribution is 2.31. The second kappa shape index (κ2) is 9.16. The van der Waals surface area contributed by atoms with Crippen LogP contribution in [0.15, 0.2) is 60.7 Å². The van der Waals surface area contributed by atoms with E-state index in [1.165, 1.54) is 12.1 Å². The van der Waals surface area contributed by atoms with Crippen molar-refractivity contribution in [1.82, 2.24) is 10.2 Å². The van der Waals surface area contributed by atoms with Crippen LogP contribution >= 0.6 is 11.6 Å². The highest BCUT2D eigenvalue weighted by atomic mass is 35.5. The average molecular weight is 461 g/mol. The first-order chi connectivity index (χ1) is 15.3. The lowest BCUT2D eigenvalue weighted by Crippen LogP contribution is -2.38. The summed E-state index contributed by atoms with van der Waals surface area (Å²) in [5.41, 5.74) is 1.01. The van der Waals surface area contributed by atoms with Gasteiger partial charge in [0, 0.05) is 35.3 Å². The molecule has 32 heavy (non-hydrogen) atoms. The van der Waals surface area contributed by atoms with Crippen molar-refractivity contribution in [2.45, 2.75) is 19.0 Å². The minimum atomic E-state index is -4.45. The van der Waals surface area contributed by atoms with Crippen molar-refractivity contribution in [2.75, 3.05) is 23.3 Å². The number of carbonyl (C=O) groups excluding carboxylic acids is 1. The molecule has 1 aromatic heterocycles. The monoisotopic (exact) mass is 460 g/mol. The lowest BCUT2D eigenvalue weighted by molar-refractivity contribution is -0.137. The maximum atomic E-state index is 12.9. The van der Waals surface area contributed by atoms with Crippen LogP contribution in [0.5, 0.6) is 0 Å². The van der Waals surface area contributed by atoms with Crippen LogP contribution in [-0.4, -0.2) is 29.2 Å². The van der Waals surface area contributed by atoms with Crippen molar-refractivity contribution in [3.05, 3.63) is 71.2 Å². The van der Waals surface area contributed by atoms with Gasteiger partial charge in [0.2, 0.25) is 5.91 Å². The minimum absolute atomic E-state index is 0.149. The Morgan fingerprint density at radius 2 is 1.72 bits per heavy atom. The van der Waals surface area contributed by atoms with Gasteiger partial charge in [0.25, 0.3) is 0 Å². The zero-order valence-electron chi connectivity index (χ0n) is 16.9. The van der Waals surface area contributed by atoms with E-state index in [2.05, 4.69) is 15.5 Å². The molecule has 0 saturated carbocycles. The lowest BCUT2D eigenvalue weighted by Gasteiger charge is -2.31. The van der Waals surface area contributed by atoms with Gasteiger partial charge in [-0.1, -0.05) is 29.8 Å². The van der Waals surface area contributed by atoms with Gasteiger partial charge >= 0.3 is 6.18 Å². The molecule has 3 aromatic rings. The zero-order chi connectivity index (χ0) is 22.7. The predicted octanol–water partition coefficient (Wildman–Crippen LogP) is 5.67. The number of alkyl halides is 3. The molecule has 0 spiro atoms. The van der Waals surface area contributed by atoms with Crippen molar-refractivity contribution in [3.63, 3.8) is 0 Å². The number of nitrogens with one attached hydrogen (secondary N) is 1. The van der Waals surface area contributed by atoms with E-state index in [-0.39, 0.29) is 17.5 Å². The minimum Gasteiger partial charge on any atom is -0.355 e. The fraction of sp³-hybridized carbons (Fsp3) is 0.261. The van der Waals surface area contributed by atoms with Gasteiger partial charge in [-0.05, 0) is 55.3 Å². The molecule has 5 nitrogen and oxygen atoms in total. The van der Waals surface area contributed by atoms with Crippen LogP contribution in [-0.2, 0) is 11.0 Å². The van der Waals surface area contributed by atoms with E-state index in [1.54, 1.807) is 12.1 Å². The molecule has 1 aliphatic rings. The molecule has 0 unspecified atom stereocenters. The molecule has 1 fully saturated rings. The van der Waals surface area contributed by atoms with Crippen molar-refractivity contribution >= 4 is 29.0 Å². The maximum absolute atomic E-state index is 12.9. The Morgan fingerprint density at radius 3 is 2.34 bits per heavy atom. The summed E-state index contributed by atoms with van der Waals surface area (Å²) in [7, 11) is 0.